The number of ether oxygens (including phenoxy) is 2. The van der Waals surface area contributed by atoms with Crippen molar-refractivity contribution >= 4 is 11.8 Å². The maximum absolute atomic E-state index is 10.5. The molecule has 0 saturated heterocycles. The standard InChI is InChI=1S/C22H27NO3/c1-3-7-17-11-12-21(22(14-17)25-2)26-16-19(24)15-23-13-6-9-18-8-4-5-10-20(18)23/h3-5,7-8,10-12,14,19,24H,6,9,13,15-16H2,1-2H3/b7-3+. The number of β-amino-alcohol motifs (C(OH)–C–C–N with tert-alkyl or cyclic N) is 1. The highest BCUT2D eigenvalue weighted by Crippen LogP contribution is 2.29. The minimum absolute atomic E-state index is 0.234. The molecule has 0 radical (unpaired) electrons. The number of aliphatic hydroxyl groups is 1. The van der Waals surface area contributed by atoms with Crippen molar-refractivity contribution in [1.29, 1.82) is 0 Å². The molecule has 1 N–H and O–H groups in total. The minimum atomic E-state index is -0.568. The zero-order valence-corrected chi connectivity index (χ0v) is 15.5. The van der Waals surface area contributed by atoms with Gasteiger partial charge in [0.1, 0.15) is 12.7 Å². The maximum Gasteiger partial charge on any atom is 0.161 e. The lowest BCUT2D eigenvalue weighted by atomic mass is 10.0. The molecular weight excluding hydrogens is 326 g/mol. The van der Waals surface area contributed by atoms with Crippen molar-refractivity contribution in [2.24, 2.45) is 0 Å². The molecule has 1 unspecified atom stereocenters. The van der Waals surface area contributed by atoms with E-state index in [9.17, 15) is 5.11 Å². The molecule has 0 saturated carbocycles. The van der Waals surface area contributed by atoms with Gasteiger partial charge in [-0.3, -0.25) is 0 Å². The van der Waals surface area contributed by atoms with Gasteiger partial charge in [0.25, 0.3) is 0 Å². The van der Waals surface area contributed by atoms with Crippen LogP contribution in [0.2, 0.25) is 0 Å². The van der Waals surface area contributed by atoms with Gasteiger partial charge in [0, 0.05) is 18.8 Å². The van der Waals surface area contributed by atoms with Crippen molar-refractivity contribution in [3.8, 4) is 11.5 Å². The van der Waals surface area contributed by atoms with E-state index in [2.05, 4.69) is 29.2 Å². The maximum atomic E-state index is 10.5. The summed E-state index contributed by atoms with van der Waals surface area (Å²) in [4.78, 5) is 2.25. The third-order valence-corrected chi connectivity index (χ3v) is 4.62. The van der Waals surface area contributed by atoms with E-state index in [4.69, 9.17) is 9.47 Å². The zero-order chi connectivity index (χ0) is 18.4. The highest BCUT2D eigenvalue weighted by atomic mass is 16.5. The fourth-order valence-electron chi connectivity index (χ4n) is 3.39. The van der Waals surface area contributed by atoms with Crippen LogP contribution in [-0.2, 0) is 6.42 Å². The Morgan fingerprint density at radius 3 is 2.85 bits per heavy atom. The van der Waals surface area contributed by atoms with Crippen LogP contribution in [0.1, 0.15) is 24.5 Å². The Balaban J connectivity index is 1.60. The third-order valence-electron chi connectivity index (χ3n) is 4.62. The van der Waals surface area contributed by atoms with E-state index in [0.29, 0.717) is 18.0 Å². The molecule has 1 aliphatic rings. The topological polar surface area (TPSA) is 41.9 Å². The molecular formula is C22H27NO3. The van der Waals surface area contributed by atoms with E-state index < -0.39 is 6.10 Å². The summed E-state index contributed by atoms with van der Waals surface area (Å²) in [5, 5.41) is 10.5. The predicted molar refractivity (Wildman–Crippen MR) is 106 cm³/mol. The first-order chi connectivity index (χ1) is 12.7. The highest BCUT2D eigenvalue weighted by Gasteiger charge is 2.19. The van der Waals surface area contributed by atoms with Crippen LogP contribution >= 0.6 is 0 Å². The Labute approximate surface area is 155 Å². The summed E-state index contributed by atoms with van der Waals surface area (Å²) < 4.78 is 11.2. The average Bonchev–Trinajstić information content (AvgIpc) is 2.67. The summed E-state index contributed by atoms with van der Waals surface area (Å²) >= 11 is 0. The average molecular weight is 353 g/mol. The van der Waals surface area contributed by atoms with Gasteiger partial charge in [-0.2, -0.15) is 0 Å². The van der Waals surface area contributed by atoms with E-state index in [1.165, 1.54) is 11.3 Å². The molecule has 0 amide bonds. The molecule has 2 aromatic carbocycles. The summed E-state index contributed by atoms with van der Waals surface area (Å²) in [5.41, 5.74) is 3.64. The first-order valence-electron chi connectivity index (χ1n) is 9.15. The van der Waals surface area contributed by atoms with Gasteiger partial charge in [-0.05, 0) is 49.1 Å². The molecule has 1 aliphatic heterocycles. The normalized spacial score (nSPS) is 15.0. The number of aryl methyl sites for hydroxylation is 1. The monoisotopic (exact) mass is 353 g/mol. The van der Waals surface area contributed by atoms with Crippen LogP contribution in [0.4, 0.5) is 5.69 Å². The van der Waals surface area contributed by atoms with Crippen LogP contribution in [0, 0.1) is 0 Å². The lowest BCUT2D eigenvalue weighted by Gasteiger charge is -2.32. The third kappa shape index (κ3) is 4.38. The molecule has 1 atom stereocenters. The molecule has 0 spiro atoms. The van der Waals surface area contributed by atoms with Crippen molar-refractivity contribution in [3.05, 3.63) is 59.7 Å². The SMILES string of the molecule is C/C=C/c1ccc(OCC(O)CN2CCCc3ccccc32)c(OC)c1. The number of anilines is 1. The molecule has 2 aromatic rings. The van der Waals surface area contributed by atoms with E-state index in [1.807, 2.05) is 37.3 Å². The zero-order valence-electron chi connectivity index (χ0n) is 15.5. The van der Waals surface area contributed by atoms with Gasteiger partial charge in [-0.1, -0.05) is 36.4 Å². The van der Waals surface area contributed by atoms with E-state index >= 15 is 0 Å². The van der Waals surface area contributed by atoms with Crippen molar-refractivity contribution in [2.75, 3.05) is 31.7 Å². The molecule has 138 valence electrons. The molecule has 4 nitrogen and oxygen atoms in total. The lowest BCUT2D eigenvalue weighted by Crippen LogP contribution is -2.38. The van der Waals surface area contributed by atoms with Gasteiger partial charge >= 0.3 is 0 Å². The quantitative estimate of drug-likeness (QED) is 0.819. The Bertz CT molecular complexity index is 757. The number of para-hydroxylation sites is 1. The molecule has 26 heavy (non-hydrogen) atoms. The first-order valence-corrected chi connectivity index (χ1v) is 9.15. The summed E-state index contributed by atoms with van der Waals surface area (Å²) in [7, 11) is 1.63. The fourth-order valence-corrected chi connectivity index (χ4v) is 3.39. The second kappa shape index (κ2) is 8.77. The van der Waals surface area contributed by atoms with E-state index in [1.54, 1.807) is 7.11 Å². The van der Waals surface area contributed by atoms with E-state index in [0.717, 1.165) is 24.9 Å². The Hall–Kier alpha value is -2.46. The highest BCUT2D eigenvalue weighted by molar-refractivity contribution is 5.56. The predicted octanol–water partition coefficient (Wildman–Crippen LogP) is 3.92. The molecule has 4 heteroatoms. The van der Waals surface area contributed by atoms with Gasteiger partial charge < -0.3 is 19.5 Å². The largest absolute Gasteiger partial charge is 0.493 e. The Kier molecular flexibility index (Phi) is 6.18. The molecule has 0 bridgehead atoms. The van der Waals surface area contributed by atoms with Crippen LogP contribution in [0.15, 0.2) is 48.5 Å². The summed E-state index contributed by atoms with van der Waals surface area (Å²) in [5.74, 6) is 1.33. The number of benzene rings is 2. The number of nitrogens with zero attached hydrogens (tertiary/aromatic N) is 1. The van der Waals surface area contributed by atoms with Gasteiger partial charge in [-0.15, -0.1) is 0 Å². The lowest BCUT2D eigenvalue weighted by molar-refractivity contribution is 0.110. The minimum Gasteiger partial charge on any atom is -0.493 e. The number of aliphatic hydroxyl groups excluding tert-OH is 1. The van der Waals surface area contributed by atoms with Crippen LogP contribution in [0.5, 0.6) is 11.5 Å². The van der Waals surface area contributed by atoms with Crippen molar-refractivity contribution in [2.45, 2.75) is 25.9 Å². The van der Waals surface area contributed by atoms with Crippen LogP contribution in [0.3, 0.4) is 0 Å². The van der Waals surface area contributed by atoms with Crippen LogP contribution in [0.25, 0.3) is 6.08 Å². The van der Waals surface area contributed by atoms with Gasteiger partial charge in [0.2, 0.25) is 0 Å². The second-order valence-electron chi connectivity index (χ2n) is 6.55. The van der Waals surface area contributed by atoms with Crippen molar-refractivity contribution in [3.63, 3.8) is 0 Å². The molecule has 3 rings (SSSR count). The Morgan fingerprint density at radius 1 is 1.19 bits per heavy atom. The summed E-state index contributed by atoms with van der Waals surface area (Å²) in [6.07, 6.45) is 5.64. The molecule has 0 fully saturated rings. The Morgan fingerprint density at radius 2 is 2.04 bits per heavy atom. The number of fused-ring (bicyclic) bond motifs is 1. The molecule has 1 heterocycles. The van der Waals surface area contributed by atoms with Crippen molar-refractivity contribution in [1.82, 2.24) is 0 Å². The smallest absolute Gasteiger partial charge is 0.161 e. The number of hydrogen-bond donors (Lipinski definition) is 1. The fraction of sp³-hybridized carbons (Fsp3) is 0.364. The van der Waals surface area contributed by atoms with Gasteiger partial charge in [0.05, 0.1) is 7.11 Å². The van der Waals surface area contributed by atoms with Gasteiger partial charge in [0.15, 0.2) is 11.5 Å². The number of allylic oxidation sites excluding steroid dienone is 1. The first kappa shape index (κ1) is 18.3. The molecule has 0 aromatic heterocycles. The van der Waals surface area contributed by atoms with Gasteiger partial charge in [-0.25, -0.2) is 0 Å². The summed E-state index contributed by atoms with van der Waals surface area (Å²) in [6, 6.07) is 14.2. The number of methoxy groups -OCH3 is 1. The van der Waals surface area contributed by atoms with Crippen LogP contribution < -0.4 is 14.4 Å². The van der Waals surface area contributed by atoms with E-state index in [-0.39, 0.29) is 6.61 Å². The van der Waals surface area contributed by atoms with Crippen LogP contribution in [-0.4, -0.2) is 38.0 Å². The summed E-state index contributed by atoms with van der Waals surface area (Å²) in [6.45, 7) is 3.75. The molecule has 0 aliphatic carbocycles. The number of hydrogen-bond acceptors (Lipinski definition) is 4. The second-order valence-corrected chi connectivity index (χ2v) is 6.55. The van der Waals surface area contributed by atoms with Crippen molar-refractivity contribution < 1.29 is 14.6 Å². The number of rotatable bonds is 7.